The molecule has 2 atom stereocenters. The van der Waals surface area contributed by atoms with Crippen molar-refractivity contribution in [1.82, 2.24) is 4.31 Å². The second-order valence-corrected chi connectivity index (χ2v) is 7.18. The van der Waals surface area contributed by atoms with E-state index in [0.717, 1.165) is 12.1 Å². The van der Waals surface area contributed by atoms with Crippen molar-refractivity contribution >= 4 is 21.6 Å². The fraction of sp³-hybridized carbons (Fsp3) is 0.500. The van der Waals surface area contributed by atoms with Gasteiger partial charge in [-0.1, -0.05) is 18.5 Å². The van der Waals surface area contributed by atoms with Crippen molar-refractivity contribution in [2.45, 2.75) is 24.3 Å². The van der Waals surface area contributed by atoms with Crippen molar-refractivity contribution in [2.75, 3.05) is 13.1 Å². The third-order valence-electron chi connectivity index (χ3n) is 3.45. The van der Waals surface area contributed by atoms with Crippen molar-refractivity contribution in [3.05, 3.63) is 29.0 Å². The van der Waals surface area contributed by atoms with Gasteiger partial charge in [-0.25, -0.2) is 12.8 Å². The van der Waals surface area contributed by atoms with Crippen molar-refractivity contribution in [2.24, 2.45) is 11.7 Å². The molecule has 4 nitrogen and oxygen atoms in total. The summed E-state index contributed by atoms with van der Waals surface area (Å²) in [4.78, 5) is -0.183. The maximum absolute atomic E-state index is 13.2. The third kappa shape index (κ3) is 2.91. The Balaban J connectivity index is 2.35. The Morgan fingerprint density at radius 3 is 2.79 bits per heavy atom. The van der Waals surface area contributed by atoms with Gasteiger partial charge in [-0.05, 0) is 30.5 Å². The lowest BCUT2D eigenvalue weighted by Crippen LogP contribution is -2.48. The first-order valence-corrected chi connectivity index (χ1v) is 7.85. The van der Waals surface area contributed by atoms with Gasteiger partial charge in [-0.15, -0.1) is 0 Å². The van der Waals surface area contributed by atoms with Crippen molar-refractivity contribution in [1.29, 1.82) is 0 Å². The molecule has 1 aromatic carbocycles. The molecule has 0 bridgehead atoms. The first-order valence-electron chi connectivity index (χ1n) is 6.03. The summed E-state index contributed by atoms with van der Waals surface area (Å²) in [7, 11) is -3.77. The van der Waals surface area contributed by atoms with E-state index in [1.807, 2.05) is 6.92 Å². The molecule has 7 heteroatoms. The van der Waals surface area contributed by atoms with E-state index in [0.29, 0.717) is 19.5 Å². The van der Waals surface area contributed by atoms with E-state index in [1.54, 1.807) is 0 Å². The topological polar surface area (TPSA) is 63.4 Å². The minimum atomic E-state index is -3.77. The van der Waals surface area contributed by atoms with Gasteiger partial charge in [0.2, 0.25) is 10.0 Å². The van der Waals surface area contributed by atoms with Crippen LogP contribution in [0.3, 0.4) is 0 Å². The minimum absolute atomic E-state index is 0.00516. The van der Waals surface area contributed by atoms with E-state index in [2.05, 4.69) is 0 Å². The molecule has 0 aromatic heterocycles. The third-order valence-corrected chi connectivity index (χ3v) is 5.79. The molecule has 0 aliphatic carbocycles. The molecule has 1 saturated heterocycles. The van der Waals surface area contributed by atoms with E-state index in [-0.39, 0.29) is 21.9 Å². The highest BCUT2D eigenvalue weighted by Gasteiger charge is 2.33. The van der Waals surface area contributed by atoms with Crippen LogP contribution in [-0.4, -0.2) is 31.9 Å². The molecule has 2 rings (SSSR count). The van der Waals surface area contributed by atoms with Crippen LogP contribution in [0.5, 0.6) is 0 Å². The highest BCUT2D eigenvalue weighted by Crippen LogP contribution is 2.28. The van der Waals surface area contributed by atoms with Crippen LogP contribution >= 0.6 is 11.6 Å². The second-order valence-electron chi connectivity index (χ2n) is 4.87. The lowest BCUT2D eigenvalue weighted by molar-refractivity contribution is 0.250. The zero-order chi connectivity index (χ0) is 14.2. The highest BCUT2D eigenvalue weighted by atomic mass is 35.5. The van der Waals surface area contributed by atoms with Gasteiger partial charge in [-0.2, -0.15) is 4.31 Å². The van der Waals surface area contributed by atoms with E-state index in [9.17, 15) is 12.8 Å². The van der Waals surface area contributed by atoms with Gasteiger partial charge in [0.15, 0.2) is 0 Å². The summed E-state index contributed by atoms with van der Waals surface area (Å²) in [6.45, 7) is 2.57. The molecule has 106 valence electrons. The molecule has 1 aromatic rings. The molecule has 0 radical (unpaired) electrons. The normalized spacial score (nSPS) is 25.5. The summed E-state index contributed by atoms with van der Waals surface area (Å²) < 4.78 is 39.4. The van der Waals surface area contributed by atoms with Crippen LogP contribution in [0, 0.1) is 11.7 Å². The van der Waals surface area contributed by atoms with Gasteiger partial charge in [-0.3, -0.25) is 0 Å². The quantitative estimate of drug-likeness (QED) is 0.907. The molecule has 0 saturated carbocycles. The fourth-order valence-electron chi connectivity index (χ4n) is 2.16. The van der Waals surface area contributed by atoms with E-state index >= 15 is 0 Å². The van der Waals surface area contributed by atoms with Gasteiger partial charge >= 0.3 is 0 Å². The number of halogens is 2. The fourth-order valence-corrected chi connectivity index (χ4v) is 4.20. The number of nitrogens with zero attached hydrogens (tertiary/aromatic N) is 1. The number of benzene rings is 1. The molecule has 1 aliphatic heterocycles. The van der Waals surface area contributed by atoms with Crippen LogP contribution < -0.4 is 5.73 Å². The number of hydrogen-bond acceptors (Lipinski definition) is 3. The summed E-state index contributed by atoms with van der Waals surface area (Å²) in [5, 5.41) is 0.0314. The average molecular weight is 307 g/mol. The highest BCUT2D eigenvalue weighted by molar-refractivity contribution is 7.89. The van der Waals surface area contributed by atoms with Crippen LogP contribution in [0.1, 0.15) is 13.3 Å². The molecule has 2 unspecified atom stereocenters. The number of sulfonamides is 1. The van der Waals surface area contributed by atoms with E-state index < -0.39 is 15.8 Å². The molecule has 0 spiro atoms. The number of nitrogens with two attached hydrogens (primary N) is 1. The number of piperidine rings is 1. The number of hydrogen-bond donors (Lipinski definition) is 1. The molecule has 1 aliphatic rings. The molecule has 1 heterocycles. The first-order chi connectivity index (χ1) is 8.82. The maximum Gasteiger partial charge on any atom is 0.244 e. The predicted molar refractivity (Wildman–Crippen MR) is 71.9 cm³/mol. The van der Waals surface area contributed by atoms with Gasteiger partial charge in [0.1, 0.15) is 10.7 Å². The van der Waals surface area contributed by atoms with Crippen LogP contribution in [0.2, 0.25) is 5.02 Å². The monoisotopic (exact) mass is 306 g/mol. The summed E-state index contributed by atoms with van der Waals surface area (Å²) in [5.41, 5.74) is 5.87. The Labute approximate surface area is 117 Å². The Morgan fingerprint density at radius 2 is 2.16 bits per heavy atom. The largest absolute Gasteiger partial charge is 0.327 e. The molecule has 2 N–H and O–H groups in total. The lowest BCUT2D eigenvalue weighted by Gasteiger charge is -2.34. The van der Waals surface area contributed by atoms with Crippen LogP contribution in [0.4, 0.5) is 4.39 Å². The Morgan fingerprint density at radius 1 is 1.47 bits per heavy atom. The van der Waals surface area contributed by atoms with Crippen LogP contribution in [0.25, 0.3) is 0 Å². The standard InChI is InChI=1S/C12H16ClFN2O2S/c1-8-7-16(5-4-11(8)15)19(17,18)12-6-9(14)2-3-10(12)13/h2-3,6,8,11H,4-5,7,15H2,1H3. The zero-order valence-corrected chi connectivity index (χ0v) is 12.1. The first kappa shape index (κ1) is 14.7. The van der Waals surface area contributed by atoms with Crippen LogP contribution in [-0.2, 0) is 10.0 Å². The van der Waals surface area contributed by atoms with E-state index in [4.69, 9.17) is 17.3 Å². The molecule has 1 fully saturated rings. The second kappa shape index (κ2) is 5.36. The van der Waals surface area contributed by atoms with Crippen molar-refractivity contribution < 1.29 is 12.8 Å². The van der Waals surface area contributed by atoms with Gasteiger partial charge in [0.05, 0.1) is 5.02 Å². The zero-order valence-electron chi connectivity index (χ0n) is 10.5. The van der Waals surface area contributed by atoms with Crippen molar-refractivity contribution in [3.8, 4) is 0 Å². The SMILES string of the molecule is CC1CN(S(=O)(=O)c2cc(F)ccc2Cl)CCC1N. The van der Waals surface area contributed by atoms with E-state index in [1.165, 1.54) is 10.4 Å². The lowest BCUT2D eigenvalue weighted by atomic mass is 9.96. The summed E-state index contributed by atoms with van der Waals surface area (Å²) >= 11 is 5.87. The average Bonchev–Trinajstić information content (AvgIpc) is 2.35. The summed E-state index contributed by atoms with van der Waals surface area (Å²) in [5.74, 6) is -0.555. The molecular formula is C12H16ClFN2O2S. The maximum atomic E-state index is 13.2. The van der Waals surface area contributed by atoms with Crippen molar-refractivity contribution in [3.63, 3.8) is 0 Å². The molecule has 0 amide bonds. The Kier molecular flexibility index (Phi) is 4.15. The summed E-state index contributed by atoms with van der Waals surface area (Å²) in [6, 6.07) is 3.34. The van der Waals surface area contributed by atoms with Gasteiger partial charge < -0.3 is 5.73 Å². The predicted octanol–water partition coefficient (Wildman–Crippen LogP) is 1.84. The molecule has 19 heavy (non-hydrogen) atoms. The Bertz CT molecular complexity index is 579. The van der Waals surface area contributed by atoms with Crippen LogP contribution in [0.15, 0.2) is 23.1 Å². The van der Waals surface area contributed by atoms with Gasteiger partial charge in [0.25, 0.3) is 0 Å². The number of rotatable bonds is 2. The molecular weight excluding hydrogens is 291 g/mol. The smallest absolute Gasteiger partial charge is 0.244 e. The minimum Gasteiger partial charge on any atom is -0.327 e. The Hall–Kier alpha value is -0.690. The summed E-state index contributed by atoms with van der Waals surface area (Å²) in [6.07, 6.45) is 0.591. The van der Waals surface area contributed by atoms with Gasteiger partial charge in [0, 0.05) is 19.1 Å².